The maximum absolute atomic E-state index is 13.3. The molecule has 1 atom stereocenters. The Hall–Kier alpha value is -3.51. The van der Waals surface area contributed by atoms with Crippen molar-refractivity contribution in [3.05, 3.63) is 86.8 Å². The van der Waals surface area contributed by atoms with Crippen molar-refractivity contribution in [1.29, 1.82) is 0 Å². The van der Waals surface area contributed by atoms with Crippen molar-refractivity contribution in [3.8, 4) is 5.75 Å². The molecule has 0 radical (unpaired) electrons. The lowest BCUT2D eigenvalue weighted by Gasteiger charge is -2.24. The Morgan fingerprint density at radius 2 is 1.76 bits per heavy atom. The second-order valence-electron chi connectivity index (χ2n) is 8.21. The fourth-order valence-corrected chi connectivity index (χ4v) is 4.45. The van der Waals surface area contributed by atoms with Gasteiger partial charge in [-0.05, 0) is 80.8 Å². The molecule has 1 aliphatic rings. The molecule has 1 amide bonds. The molecule has 0 bridgehead atoms. The average molecular weight is 466 g/mol. The van der Waals surface area contributed by atoms with Gasteiger partial charge in [0.25, 0.3) is 11.7 Å². The molecule has 2 heterocycles. The van der Waals surface area contributed by atoms with Gasteiger partial charge in [-0.15, -0.1) is 0 Å². The second kappa shape index (κ2) is 8.45. The Balaban J connectivity index is 2.00. The Kier molecular flexibility index (Phi) is 5.80. The van der Waals surface area contributed by atoms with E-state index in [1.54, 1.807) is 37.3 Å². The smallest absolute Gasteiger partial charge is 0.300 e. The molecule has 3 aromatic rings. The van der Waals surface area contributed by atoms with Gasteiger partial charge in [0.05, 0.1) is 23.3 Å². The minimum atomic E-state index is -0.954. The third-order valence-corrected chi connectivity index (χ3v) is 6.17. The second-order valence-corrected chi connectivity index (χ2v) is 8.62. The van der Waals surface area contributed by atoms with Crippen molar-refractivity contribution >= 4 is 34.7 Å². The molecule has 0 saturated carbocycles. The minimum Gasteiger partial charge on any atom is -0.507 e. The van der Waals surface area contributed by atoms with Gasteiger partial charge in [0.2, 0.25) is 0 Å². The number of anilines is 1. The summed E-state index contributed by atoms with van der Waals surface area (Å²) in [5.41, 5.74) is 3.46. The Morgan fingerprint density at radius 1 is 1.03 bits per heavy atom. The molecular formula is C26H24ClNO5. The molecule has 7 heteroatoms. The fourth-order valence-electron chi connectivity index (χ4n) is 4.10. The number of hydrogen-bond acceptors (Lipinski definition) is 5. The van der Waals surface area contributed by atoms with E-state index in [1.165, 1.54) is 12.0 Å². The number of ketones is 1. The number of rotatable bonds is 4. The van der Waals surface area contributed by atoms with Crippen LogP contribution in [-0.2, 0) is 9.59 Å². The van der Waals surface area contributed by atoms with E-state index in [1.807, 2.05) is 32.9 Å². The third-order valence-electron chi connectivity index (χ3n) is 5.89. The van der Waals surface area contributed by atoms with Gasteiger partial charge >= 0.3 is 0 Å². The largest absolute Gasteiger partial charge is 0.507 e. The van der Waals surface area contributed by atoms with Crippen molar-refractivity contribution in [2.45, 2.75) is 33.7 Å². The molecule has 1 aliphatic heterocycles. The molecule has 6 nitrogen and oxygen atoms in total. The zero-order valence-electron chi connectivity index (χ0n) is 19.0. The van der Waals surface area contributed by atoms with Crippen molar-refractivity contribution < 1.29 is 23.8 Å². The van der Waals surface area contributed by atoms with Gasteiger partial charge in [0.1, 0.15) is 29.1 Å². The van der Waals surface area contributed by atoms with Crippen LogP contribution in [0, 0.1) is 27.7 Å². The zero-order chi connectivity index (χ0) is 24.0. The number of ether oxygens (including phenoxy) is 1. The van der Waals surface area contributed by atoms with Crippen LogP contribution in [0.1, 0.15) is 39.8 Å². The summed E-state index contributed by atoms with van der Waals surface area (Å²) in [6.45, 7) is 7.48. The lowest BCUT2D eigenvalue weighted by Crippen LogP contribution is -2.29. The SMILES string of the molecule is COc1c(Cl)cc(C)cc1/C(O)=C1\C(=O)C(=O)N(c2ccc(C)c(C)c2)C1c1ccc(C)o1. The molecule has 4 rings (SSSR count). The van der Waals surface area contributed by atoms with Crippen LogP contribution in [0.3, 0.4) is 0 Å². The summed E-state index contributed by atoms with van der Waals surface area (Å²) in [5.74, 6) is -0.746. The number of methoxy groups -OCH3 is 1. The summed E-state index contributed by atoms with van der Waals surface area (Å²) >= 11 is 6.32. The maximum atomic E-state index is 13.3. The molecular weight excluding hydrogens is 442 g/mol. The minimum absolute atomic E-state index is 0.0902. The number of carbonyl (C=O) groups is 2. The number of nitrogens with zero attached hydrogens (tertiary/aromatic N) is 1. The number of hydrogen-bond donors (Lipinski definition) is 1. The number of aliphatic hydroxyl groups is 1. The highest BCUT2D eigenvalue weighted by molar-refractivity contribution is 6.51. The van der Waals surface area contributed by atoms with Crippen LogP contribution in [0.15, 0.2) is 52.5 Å². The topological polar surface area (TPSA) is 80.0 Å². The predicted molar refractivity (Wildman–Crippen MR) is 127 cm³/mol. The number of halogens is 1. The van der Waals surface area contributed by atoms with Crippen molar-refractivity contribution in [2.24, 2.45) is 0 Å². The van der Waals surface area contributed by atoms with Gasteiger partial charge in [0.15, 0.2) is 0 Å². The van der Waals surface area contributed by atoms with E-state index >= 15 is 0 Å². The number of aryl methyl sites for hydroxylation is 4. The van der Waals surface area contributed by atoms with Crippen LogP contribution in [0.2, 0.25) is 5.02 Å². The lowest BCUT2D eigenvalue weighted by atomic mass is 9.97. The van der Waals surface area contributed by atoms with Gasteiger partial charge in [-0.25, -0.2) is 0 Å². The normalized spacial score (nSPS) is 17.6. The predicted octanol–water partition coefficient (Wildman–Crippen LogP) is 5.80. The molecule has 170 valence electrons. The lowest BCUT2D eigenvalue weighted by molar-refractivity contribution is -0.132. The van der Waals surface area contributed by atoms with E-state index < -0.39 is 17.7 Å². The molecule has 0 aliphatic carbocycles. The maximum Gasteiger partial charge on any atom is 0.300 e. The number of aliphatic hydroxyl groups excluding tert-OH is 1. The summed E-state index contributed by atoms with van der Waals surface area (Å²) in [6.07, 6.45) is 0. The highest BCUT2D eigenvalue weighted by atomic mass is 35.5. The molecule has 1 saturated heterocycles. The van der Waals surface area contributed by atoms with E-state index in [0.717, 1.165) is 16.7 Å². The standard InChI is InChI=1S/C26H24ClNO5/c1-13-10-18(25(32-5)19(27)11-13)23(29)21-22(20-9-7-16(4)33-20)28(26(31)24(21)30)17-8-6-14(2)15(3)12-17/h6-12,22,29H,1-5H3/b23-21+. The van der Waals surface area contributed by atoms with Crippen LogP contribution in [0.5, 0.6) is 5.75 Å². The first-order chi connectivity index (χ1) is 15.6. The van der Waals surface area contributed by atoms with E-state index in [0.29, 0.717) is 17.2 Å². The summed E-state index contributed by atoms with van der Waals surface area (Å²) < 4.78 is 11.2. The first kappa shape index (κ1) is 22.7. The summed E-state index contributed by atoms with van der Waals surface area (Å²) in [4.78, 5) is 27.9. The van der Waals surface area contributed by atoms with Crippen molar-refractivity contribution in [2.75, 3.05) is 12.0 Å². The molecule has 1 unspecified atom stereocenters. The third kappa shape index (κ3) is 3.80. The highest BCUT2D eigenvalue weighted by Gasteiger charge is 2.48. The molecule has 1 N–H and O–H groups in total. The van der Waals surface area contributed by atoms with Gasteiger partial charge in [0, 0.05) is 5.69 Å². The van der Waals surface area contributed by atoms with Crippen LogP contribution in [0.25, 0.3) is 5.76 Å². The first-order valence-electron chi connectivity index (χ1n) is 10.4. The van der Waals surface area contributed by atoms with E-state index in [4.69, 9.17) is 20.8 Å². The fraction of sp³-hybridized carbons (Fsp3) is 0.231. The number of furan rings is 1. The summed E-state index contributed by atoms with van der Waals surface area (Å²) in [7, 11) is 1.42. The van der Waals surface area contributed by atoms with Gasteiger partial charge in [-0.3, -0.25) is 14.5 Å². The first-order valence-corrected chi connectivity index (χ1v) is 10.8. The van der Waals surface area contributed by atoms with Gasteiger partial charge < -0.3 is 14.3 Å². The Morgan fingerprint density at radius 3 is 2.36 bits per heavy atom. The summed E-state index contributed by atoms with van der Waals surface area (Å²) in [5, 5.41) is 11.7. The molecule has 2 aromatic carbocycles. The van der Waals surface area contributed by atoms with Crippen molar-refractivity contribution in [1.82, 2.24) is 0 Å². The van der Waals surface area contributed by atoms with Crippen LogP contribution in [-0.4, -0.2) is 23.9 Å². The average Bonchev–Trinajstić information content (AvgIpc) is 3.30. The summed E-state index contributed by atoms with van der Waals surface area (Å²) in [6, 6.07) is 11.4. The number of carbonyl (C=O) groups excluding carboxylic acids is 2. The number of amides is 1. The zero-order valence-corrected chi connectivity index (χ0v) is 19.8. The molecule has 1 aromatic heterocycles. The van der Waals surface area contributed by atoms with E-state index in [2.05, 4.69) is 0 Å². The van der Waals surface area contributed by atoms with E-state index in [-0.39, 0.29) is 27.7 Å². The van der Waals surface area contributed by atoms with Gasteiger partial charge in [-0.2, -0.15) is 0 Å². The Labute approximate surface area is 197 Å². The van der Waals surface area contributed by atoms with E-state index in [9.17, 15) is 14.7 Å². The number of Topliss-reactive ketones (excluding diaryl/α,β-unsaturated/α-hetero) is 1. The molecule has 0 spiro atoms. The van der Waals surface area contributed by atoms with Crippen LogP contribution < -0.4 is 9.64 Å². The van der Waals surface area contributed by atoms with Crippen LogP contribution >= 0.6 is 11.6 Å². The highest BCUT2D eigenvalue weighted by Crippen LogP contribution is 2.45. The molecule has 33 heavy (non-hydrogen) atoms. The molecule has 1 fully saturated rings. The quantitative estimate of drug-likeness (QED) is 0.299. The monoisotopic (exact) mass is 465 g/mol. The van der Waals surface area contributed by atoms with Crippen molar-refractivity contribution in [3.63, 3.8) is 0 Å². The Bertz CT molecular complexity index is 1320. The van der Waals surface area contributed by atoms with Crippen LogP contribution in [0.4, 0.5) is 5.69 Å². The van der Waals surface area contributed by atoms with Gasteiger partial charge in [-0.1, -0.05) is 17.7 Å². The number of benzene rings is 2.